The number of benzene rings is 1. The van der Waals surface area contributed by atoms with Gasteiger partial charge in [0.05, 0.1) is 0 Å². The van der Waals surface area contributed by atoms with Crippen LogP contribution in [0.25, 0.3) is 0 Å². The molecule has 2 aliphatic heterocycles. The van der Waals surface area contributed by atoms with Crippen molar-refractivity contribution in [2.45, 2.75) is 56.9 Å². The number of aliphatic hydroxyl groups is 1. The highest BCUT2D eigenvalue weighted by atomic mass is 16.3. The van der Waals surface area contributed by atoms with Crippen molar-refractivity contribution in [3.05, 3.63) is 29.8 Å². The molecule has 1 saturated carbocycles. The lowest BCUT2D eigenvalue weighted by Gasteiger charge is -2.31. The third kappa shape index (κ3) is 5.03. The quantitative estimate of drug-likeness (QED) is 0.567. The van der Waals surface area contributed by atoms with Crippen LogP contribution < -0.4 is 10.6 Å². The van der Waals surface area contributed by atoms with Gasteiger partial charge >= 0.3 is 6.03 Å². The molecule has 33 heavy (non-hydrogen) atoms. The highest BCUT2D eigenvalue weighted by Gasteiger charge is 2.51. The predicted molar refractivity (Wildman–Crippen MR) is 121 cm³/mol. The molecule has 9 nitrogen and oxygen atoms in total. The molecule has 9 heteroatoms. The minimum absolute atomic E-state index is 0.0118. The minimum Gasteiger partial charge on any atom is -0.396 e. The standard InChI is InChI=1S/C24H32N4O5/c29-16-17-7-12-27(13-8-17)21(31)18-5-4-6-19(15-18)25-20(30)9-14-28-22(32)24(26-23(28)33)10-2-1-3-11-24/h4-6,15,17,29H,1-3,7-14,16H2,(H,25,30)(H,26,33). The molecule has 3 aliphatic rings. The van der Waals surface area contributed by atoms with Crippen LogP contribution in [0.5, 0.6) is 0 Å². The molecule has 0 bridgehead atoms. The van der Waals surface area contributed by atoms with Gasteiger partial charge in [0, 0.05) is 43.9 Å². The molecule has 5 amide bonds. The molecule has 1 aliphatic carbocycles. The lowest BCUT2D eigenvalue weighted by Crippen LogP contribution is -2.48. The normalized spacial score (nSPS) is 20.8. The number of hydrogen-bond acceptors (Lipinski definition) is 5. The fraction of sp³-hybridized carbons (Fsp3) is 0.583. The Morgan fingerprint density at radius 1 is 1.12 bits per heavy atom. The van der Waals surface area contributed by atoms with Crippen LogP contribution in [0.3, 0.4) is 0 Å². The Kier molecular flexibility index (Phi) is 6.97. The van der Waals surface area contributed by atoms with Crippen LogP contribution >= 0.6 is 0 Å². The first-order chi connectivity index (χ1) is 15.9. The molecule has 3 fully saturated rings. The average Bonchev–Trinajstić information content (AvgIpc) is 3.06. The van der Waals surface area contributed by atoms with Gasteiger partial charge in [-0.25, -0.2) is 4.79 Å². The molecule has 4 rings (SSSR count). The van der Waals surface area contributed by atoms with Gasteiger partial charge < -0.3 is 20.6 Å². The number of nitrogens with zero attached hydrogens (tertiary/aromatic N) is 2. The van der Waals surface area contributed by atoms with Crippen LogP contribution in [0.2, 0.25) is 0 Å². The van der Waals surface area contributed by atoms with Crippen LogP contribution in [-0.2, 0) is 9.59 Å². The third-order valence-corrected chi connectivity index (χ3v) is 7.07. The van der Waals surface area contributed by atoms with E-state index in [4.69, 9.17) is 0 Å². The van der Waals surface area contributed by atoms with Gasteiger partial charge in [-0.1, -0.05) is 25.3 Å². The van der Waals surface area contributed by atoms with Gasteiger partial charge in [0.2, 0.25) is 5.91 Å². The molecule has 2 heterocycles. The monoisotopic (exact) mass is 456 g/mol. The number of imide groups is 1. The minimum atomic E-state index is -0.786. The van der Waals surface area contributed by atoms with E-state index in [0.29, 0.717) is 37.2 Å². The zero-order chi connectivity index (χ0) is 23.4. The first-order valence-corrected chi connectivity index (χ1v) is 11.9. The topological polar surface area (TPSA) is 119 Å². The summed E-state index contributed by atoms with van der Waals surface area (Å²) >= 11 is 0. The average molecular weight is 457 g/mol. The fourth-order valence-corrected chi connectivity index (χ4v) is 5.04. The van der Waals surface area contributed by atoms with Crippen LogP contribution in [0.1, 0.15) is 61.7 Å². The molecule has 178 valence electrons. The van der Waals surface area contributed by atoms with Crippen molar-refractivity contribution >= 4 is 29.4 Å². The molecule has 0 radical (unpaired) electrons. The van der Waals surface area contributed by atoms with Crippen molar-refractivity contribution in [2.75, 3.05) is 31.6 Å². The number of likely N-dealkylation sites (tertiary alicyclic amines) is 1. The van der Waals surface area contributed by atoms with E-state index >= 15 is 0 Å². The third-order valence-electron chi connectivity index (χ3n) is 7.07. The molecule has 3 N–H and O–H groups in total. The molecule has 1 aromatic rings. The number of rotatable bonds is 6. The molecule has 0 aromatic heterocycles. The van der Waals surface area contributed by atoms with Gasteiger partial charge in [0.25, 0.3) is 11.8 Å². The van der Waals surface area contributed by atoms with E-state index in [0.717, 1.165) is 37.0 Å². The van der Waals surface area contributed by atoms with E-state index in [1.165, 1.54) is 0 Å². The number of nitrogens with one attached hydrogen (secondary N) is 2. The fourth-order valence-electron chi connectivity index (χ4n) is 5.04. The number of aliphatic hydroxyl groups excluding tert-OH is 1. The Hall–Kier alpha value is -2.94. The molecule has 1 aromatic carbocycles. The van der Waals surface area contributed by atoms with Crippen molar-refractivity contribution in [1.29, 1.82) is 0 Å². The summed E-state index contributed by atoms with van der Waals surface area (Å²) in [4.78, 5) is 53.4. The molecule has 2 saturated heterocycles. The molecule has 1 spiro atoms. The smallest absolute Gasteiger partial charge is 0.325 e. The Morgan fingerprint density at radius 3 is 2.55 bits per heavy atom. The number of anilines is 1. The largest absolute Gasteiger partial charge is 0.396 e. The molecular weight excluding hydrogens is 424 g/mol. The van der Waals surface area contributed by atoms with Gasteiger partial charge in [-0.05, 0) is 49.8 Å². The van der Waals surface area contributed by atoms with E-state index in [9.17, 15) is 24.3 Å². The SMILES string of the molecule is O=C(CCN1C(=O)NC2(CCCCC2)C1=O)Nc1cccc(C(=O)N2CCC(CO)CC2)c1. The summed E-state index contributed by atoms with van der Waals surface area (Å²) in [5, 5.41) is 14.9. The van der Waals surface area contributed by atoms with E-state index in [1.54, 1.807) is 29.2 Å². The van der Waals surface area contributed by atoms with Crippen molar-refractivity contribution in [3.63, 3.8) is 0 Å². The maximum Gasteiger partial charge on any atom is 0.325 e. The number of carbonyl (C=O) groups is 4. The summed E-state index contributed by atoms with van der Waals surface area (Å²) in [6, 6.07) is 6.36. The van der Waals surface area contributed by atoms with E-state index in [2.05, 4.69) is 10.6 Å². The zero-order valence-electron chi connectivity index (χ0n) is 18.8. The van der Waals surface area contributed by atoms with Gasteiger partial charge in [0.1, 0.15) is 5.54 Å². The Labute approximate surface area is 193 Å². The van der Waals surface area contributed by atoms with Gasteiger partial charge in [-0.2, -0.15) is 0 Å². The van der Waals surface area contributed by atoms with Crippen molar-refractivity contribution < 1.29 is 24.3 Å². The van der Waals surface area contributed by atoms with Crippen LogP contribution in [-0.4, -0.2) is 70.4 Å². The highest BCUT2D eigenvalue weighted by Crippen LogP contribution is 2.33. The maximum atomic E-state index is 12.8. The Morgan fingerprint density at radius 2 is 1.85 bits per heavy atom. The summed E-state index contributed by atoms with van der Waals surface area (Å²) < 4.78 is 0. The number of piperidine rings is 1. The number of amides is 5. The summed E-state index contributed by atoms with van der Waals surface area (Å²) in [5.41, 5.74) is 0.201. The number of hydrogen-bond donors (Lipinski definition) is 3. The van der Waals surface area contributed by atoms with E-state index in [-0.39, 0.29) is 43.2 Å². The predicted octanol–water partition coefficient (Wildman–Crippen LogP) is 2.11. The Bertz CT molecular complexity index is 919. The zero-order valence-corrected chi connectivity index (χ0v) is 18.8. The second-order valence-electron chi connectivity index (χ2n) is 9.33. The Balaban J connectivity index is 1.31. The maximum absolute atomic E-state index is 12.8. The van der Waals surface area contributed by atoms with Crippen molar-refractivity contribution in [1.82, 2.24) is 15.1 Å². The van der Waals surface area contributed by atoms with Crippen molar-refractivity contribution in [2.24, 2.45) is 5.92 Å². The summed E-state index contributed by atoms with van der Waals surface area (Å²) in [6.45, 7) is 1.38. The highest BCUT2D eigenvalue weighted by molar-refractivity contribution is 6.07. The van der Waals surface area contributed by atoms with E-state index < -0.39 is 11.6 Å². The van der Waals surface area contributed by atoms with Crippen LogP contribution in [0.4, 0.5) is 10.5 Å². The first-order valence-electron chi connectivity index (χ1n) is 11.9. The van der Waals surface area contributed by atoms with E-state index in [1.807, 2.05) is 0 Å². The molecule has 0 unspecified atom stereocenters. The second-order valence-corrected chi connectivity index (χ2v) is 9.33. The van der Waals surface area contributed by atoms with Gasteiger partial charge in [-0.15, -0.1) is 0 Å². The molecular formula is C24H32N4O5. The number of urea groups is 1. The lowest BCUT2D eigenvalue weighted by atomic mass is 9.82. The number of carbonyl (C=O) groups excluding carboxylic acids is 4. The first kappa shape index (κ1) is 23.2. The summed E-state index contributed by atoms with van der Waals surface area (Å²) in [6.07, 6.45) is 5.74. The molecule has 0 atom stereocenters. The van der Waals surface area contributed by atoms with Gasteiger partial charge in [0.15, 0.2) is 0 Å². The van der Waals surface area contributed by atoms with Gasteiger partial charge in [-0.3, -0.25) is 19.3 Å². The van der Waals surface area contributed by atoms with Crippen molar-refractivity contribution in [3.8, 4) is 0 Å². The summed E-state index contributed by atoms with van der Waals surface area (Å²) in [5.74, 6) is -0.400. The second kappa shape index (κ2) is 9.91. The van der Waals surface area contributed by atoms with Crippen LogP contribution in [0, 0.1) is 5.92 Å². The summed E-state index contributed by atoms with van der Waals surface area (Å²) in [7, 11) is 0. The lowest BCUT2D eigenvalue weighted by molar-refractivity contribution is -0.132. The van der Waals surface area contributed by atoms with Crippen LogP contribution in [0.15, 0.2) is 24.3 Å².